The largest absolute Gasteiger partial charge is 0.330 e. The first kappa shape index (κ1) is 13.1. The predicted molar refractivity (Wildman–Crippen MR) is 75.9 cm³/mol. The molecule has 94 valence electrons. The minimum atomic E-state index is 0.309. The molecule has 2 nitrogen and oxygen atoms in total. The zero-order valence-electron chi connectivity index (χ0n) is 10.6. The third-order valence-corrected chi connectivity index (χ3v) is 4.51. The van der Waals surface area contributed by atoms with E-state index in [0.717, 1.165) is 24.1 Å². The average molecular weight is 297 g/mol. The molecule has 0 spiro atoms. The smallest absolute Gasteiger partial charge is 0.0320 e. The monoisotopic (exact) mass is 296 g/mol. The number of hydrogen-bond donors (Lipinski definition) is 1. The van der Waals surface area contributed by atoms with E-state index in [-0.39, 0.29) is 0 Å². The molecule has 0 saturated carbocycles. The Kier molecular flexibility index (Phi) is 3.91. The Morgan fingerprint density at radius 3 is 2.59 bits per heavy atom. The van der Waals surface area contributed by atoms with Gasteiger partial charge in [0.1, 0.15) is 0 Å². The molecule has 2 atom stereocenters. The molecule has 1 aromatic rings. The molecule has 1 aliphatic rings. The Bertz CT molecular complexity index is 376. The van der Waals surface area contributed by atoms with Crippen molar-refractivity contribution < 1.29 is 0 Å². The van der Waals surface area contributed by atoms with E-state index in [0.29, 0.717) is 11.5 Å². The summed E-state index contributed by atoms with van der Waals surface area (Å²) in [5.74, 6) is 0. The maximum absolute atomic E-state index is 5.86. The standard InChI is InChI=1S/C14H21BrN2/c1-11(12-3-5-13(15)6-4-12)17-8-7-14(2,9-16)10-17/h3-6,11H,7-10,16H2,1-2H3. The van der Waals surface area contributed by atoms with Crippen LogP contribution in [0.1, 0.15) is 31.9 Å². The first-order valence-electron chi connectivity index (χ1n) is 6.24. The summed E-state index contributed by atoms with van der Waals surface area (Å²) in [5.41, 5.74) is 7.55. The lowest BCUT2D eigenvalue weighted by Gasteiger charge is -2.27. The lowest BCUT2D eigenvalue weighted by molar-refractivity contribution is 0.227. The first-order valence-corrected chi connectivity index (χ1v) is 7.03. The SMILES string of the molecule is CC(c1ccc(Br)cc1)N1CCC(C)(CN)C1. The second-order valence-corrected chi connectivity index (χ2v) is 6.38. The van der Waals surface area contributed by atoms with Gasteiger partial charge < -0.3 is 5.73 Å². The van der Waals surface area contributed by atoms with Crippen LogP contribution in [-0.2, 0) is 0 Å². The lowest BCUT2D eigenvalue weighted by atomic mass is 9.90. The summed E-state index contributed by atoms with van der Waals surface area (Å²) in [4.78, 5) is 2.54. The summed E-state index contributed by atoms with van der Waals surface area (Å²) in [7, 11) is 0. The molecule has 0 aliphatic carbocycles. The molecule has 2 unspecified atom stereocenters. The zero-order chi connectivity index (χ0) is 12.5. The van der Waals surface area contributed by atoms with Crippen molar-refractivity contribution in [3.63, 3.8) is 0 Å². The highest BCUT2D eigenvalue weighted by Gasteiger charge is 2.34. The molecular formula is C14H21BrN2. The highest BCUT2D eigenvalue weighted by atomic mass is 79.9. The highest BCUT2D eigenvalue weighted by molar-refractivity contribution is 9.10. The summed E-state index contributed by atoms with van der Waals surface area (Å²) in [6, 6.07) is 9.12. The van der Waals surface area contributed by atoms with Crippen LogP contribution in [0.25, 0.3) is 0 Å². The Hall–Kier alpha value is -0.380. The Labute approximate surface area is 112 Å². The van der Waals surface area contributed by atoms with Crippen molar-refractivity contribution in [3.8, 4) is 0 Å². The third-order valence-electron chi connectivity index (χ3n) is 3.98. The Morgan fingerprint density at radius 2 is 2.06 bits per heavy atom. The van der Waals surface area contributed by atoms with E-state index < -0.39 is 0 Å². The summed E-state index contributed by atoms with van der Waals surface area (Å²) in [6.45, 7) is 7.63. The van der Waals surface area contributed by atoms with Crippen LogP contribution in [0.3, 0.4) is 0 Å². The van der Waals surface area contributed by atoms with Crippen molar-refractivity contribution in [3.05, 3.63) is 34.3 Å². The summed E-state index contributed by atoms with van der Waals surface area (Å²) in [6.07, 6.45) is 1.21. The number of nitrogens with two attached hydrogens (primary N) is 1. The van der Waals surface area contributed by atoms with Crippen LogP contribution in [0.2, 0.25) is 0 Å². The molecule has 1 aliphatic heterocycles. The minimum Gasteiger partial charge on any atom is -0.330 e. The lowest BCUT2D eigenvalue weighted by Crippen LogP contribution is -2.32. The number of benzene rings is 1. The molecule has 0 bridgehead atoms. The van der Waals surface area contributed by atoms with Gasteiger partial charge in [0.25, 0.3) is 0 Å². The van der Waals surface area contributed by atoms with Crippen LogP contribution in [0.5, 0.6) is 0 Å². The van der Waals surface area contributed by atoms with Crippen LogP contribution in [0, 0.1) is 5.41 Å². The van der Waals surface area contributed by atoms with E-state index in [2.05, 4.69) is 58.9 Å². The van der Waals surface area contributed by atoms with E-state index in [1.165, 1.54) is 12.0 Å². The molecule has 0 amide bonds. The van der Waals surface area contributed by atoms with E-state index in [1.54, 1.807) is 0 Å². The molecule has 1 saturated heterocycles. The van der Waals surface area contributed by atoms with Gasteiger partial charge in [-0.15, -0.1) is 0 Å². The van der Waals surface area contributed by atoms with Gasteiger partial charge in [0.15, 0.2) is 0 Å². The molecule has 1 aromatic carbocycles. The molecular weight excluding hydrogens is 276 g/mol. The molecule has 3 heteroatoms. The second kappa shape index (κ2) is 5.09. The van der Waals surface area contributed by atoms with Gasteiger partial charge in [0, 0.05) is 17.1 Å². The fourth-order valence-electron chi connectivity index (χ4n) is 2.51. The van der Waals surface area contributed by atoms with Gasteiger partial charge in [-0.2, -0.15) is 0 Å². The predicted octanol–water partition coefficient (Wildman–Crippen LogP) is 3.18. The highest BCUT2D eigenvalue weighted by Crippen LogP contribution is 2.34. The molecule has 2 N–H and O–H groups in total. The van der Waals surface area contributed by atoms with Gasteiger partial charge in [0.2, 0.25) is 0 Å². The zero-order valence-corrected chi connectivity index (χ0v) is 12.2. The van der Waals surface area contributed by atoms with Gasteiger partial charge in [-0.05, 0) is 49.5 Å². The maximum Gasteiger partial charge on any atom is 0.0320 e. The number of likely N-dealkylation sites (tertiary alicyclic amines) is 1. The molecule has 1 heterocycles. The summed E-state index contributed by atoms with van der Waals surface area (Å²) < 4.78 is 1.14. The van der Waals surface area contributed by atoms with Crippen LogP contribution in [-0.4, -0.2) is 24.5 Å². The number of rotatable bonds is 3. The van der Waals surface area contributed by atoms with Gasteiger partial charge in [-0.3, -0.25) is 4.90 Å². The Balaban J connectivity index is 2.06. The number of halogens is 1. The average Bonchev–Trinajstić information content (AvgIpc) is 2.73. The van der Waals surface area contributed by atoms with Crippen LogP contribution < -0.4 is 5.73 Å². The van der Waals surface area contributed by atoms with E-state index in [9.17, 15) is 0 Å². The van der Waals surface area contributed by atoms with Gasteiger partial charge >= 0.3 is 0 Å². The number of nitrogens with zero attached hydrogens (tertiary/aromatic N) is 1. The van der Waals surface area contributed by atoms with Crippen molar-refractivity contribution in [2.45, 2.75) is 26.3 Å². The minimum absolute atomic E-state index is 0.309. The van der Waals surface area contributed by atoms with E-state index >= 15 is 0 Å². The summed E-state index contributed by atoms with van der Waals surface area (Å²) in [5, 5.41) is 0. The third kappa shape index (κ3) is 2.90. The van der Waals surface area contributed by atoms with E-state index in [4.69, 9.17) is 5.73 Å². The first-order chi connectivity index (χ1) is 8.04. The normalized spacial score (nSPS) is 27.3. The van der Waals surface area contributed by atoms with E-state index in [1.807, 2.05) is 0 Å². The Morgan fingerprint density at radius 1 is 1.41 bits per heavy atom. The molecule has 1 fully saturated rings. The second-order valence-electron chi connectivity index (χ2n) is 5.46. The quantitative estimate of drug-likeness (QED) is 0.928. The topological polar surface area (TPSA) is 29.3 Å². The van der Waals surface area contributed by atoms with Crippen molar-refractivity contribution in [1.82, 2.24) is 4.90 Å². The van der Waals surface area contributed by atoms with Gasteiger partial charge in [0.05, 0.1) is 0 Å². The van der Waals surface area contributed by atoms with Crippen LogP contribution >= 0.6 is 15.9 Å². The van der Waals surface area contributed by atoms with Crippen molar-refractivity contribution in [2.75, 3.05) is 19.6 Å². The number of hydrogen-bond acceptors (Lipinski definition) is 2. The maximum atomic E-state index is 5.86. The molecule has 2 rings (SSSR count). The summed E-state index contributed by atoms with van der Waals surface area (Å²) >= 11 is 3.48. The fraction of sp³-hybridized carbons (Fsp3) is 0.571. The molecule has 0 radical (unpaired) electrons. The van der Waals surface area contributed by atoms with Crippen LogP contribution in [0.15, 0.2) is 28.7 Å². The van der Waals surface area contributed by atoms with Gasteiger partial charge in [-0.1, -0.05) is 35.0 Å². The molecule has 0 aromatic heterocycles. The molecule has 17 heavy (non-hydrogen) atoms. The van der Waals surface area contributed by atoms with Crippen molar-refractivity contribution in [2.24, 2.45) is 11.1 Å². The van der Waals surface area contributed by atoms with Gasteiger partial charge in [-0.25, -0.2) is 0 Å². The van der Waals surface area contributed by atoms with Crippen molar-refractivity contribution in [1.29, 1.82) is 0 Å². The van der Waals surface area contributed by atoms with Crippen LogP contribution in [0.4, 0.5) is 0 Å². The van der Waals surface area contributed by atoms with Crippen molar-refractivity contribution >= 4 is 15.9 Å². The fourth-order valence-corrected chi connectivity index (χ4v) is 2.78.